The first-order chi connectivity index (χ1) is 9.04. The van der Waals surface area contributed by atoms with E-state index in [0.29, 0.717) is 17.0 Å². The Bertz CT molecular complexity index is 454. The van der Waals surface area contributed by atoms with E-state index in [0.717, 1.165) is 19.3 Å². The summed E-state index contributed by atoms with van der Waals surface area (Å²) in [4.78, 5) is 12.4. The molecule has 0 saturated heterocycles. The monoisotopic (exact) mass is 266 g/mol. The summed E-state index contributed by atoms with van der Waals surface area (Å²) < 4.78 is 5.24. The number of rotatable bonds is 4. The minimum absolute atomic E-state index is 0.0619. The second kappa shape index (κ2) is 5.74. The van der Waals surface area contributed by atoms with Gasteiger partial charge in [-0.2, -0.15) is 0 Å². The van der Waals surface area contributed by atoms with Gasteiger partial charge in [-0.05, 0) is 19.8 Å². The van der Waals surface area contributed by atoms with E-state index >= 15 is 0 Å². The smallest absolute Gasteiger partial charge is 0.257 e. The molecule has 0 aromatic carbocycles. The molecule has 1 fully saturated rings. The zero-order chi connectivity index (χ0) is 14.0. The van der Waals surface area contributed by atoms with E-state index in [4.69, 9.17) is 4.52 Å². The van der Waals surface area contributed by atoms with Crippen molar-refractivity contribution in [3.05, 3.63) is 17.0 Å². The van der Waals surface area contributed by atoms with Crippen LogP contribution in [0.2, 0.25) is 0 Å². The predicted molar refractivity (Wildman–Crippen MR) is 71.0 cm³/mol. The third-order valence-electron chi connectivity index (χ3n) is 3.85. The molecular formula is C14H22N2O3. The quantitative estimate of drug-likeness (QED) is 0.874. The molecule has 5 nitrogen and oxygen atoms in total. The SMILES string of the molecule is Cc1noc(C(C)C)c1C(=O)NC1CCCC1CO. The Morgan fingerprint density at radius 3 is 2.89 bits per heavy atom. The van der Waals surface area contributed by atoms with Gasteiger partial charge in [-0.3, -0.25) is 4.79 Å². The summed E-state index contributed by atoms with van der Waals surface area (Å²) in [5, 5.41) is 16.2. The van der Waals surface area contributed by atoms with Crippen LogP contribution in [0.3, 0.4) is 0 Å². The molecule has 0 radical (unpaired) electrons. The molecule has 2 N–H and O–H groups in total. The summed E-state index contributed by atoms with van der Waals surface area (Å²) in [5.41, 5.74) is 1.18. The van der Waals surface area contributed by atoms with Crippen LogP contribution in [0, 0.1) is 12.8 Å². The van der Waals surface area contributed by atoms with Gasteiger partial charge in [-0.1, -0.05) is 25.4 Å². The molecular weight excluding hydrogens is 244 g/mol. The van der Waals surface area contributed by atoms with Gasteiger partial charge in [0.05, 0.1) is 5.69 Å². The Balaban J connectivity index is 2.14. The Morgan fingerprint density at radius 1 is 1.53 bits per heavy atom. The van der Waals surface area contributed by atoms with Crippen molar-refractivity contribution in [3.63, 3.8) is 0 Å². The number of aromatic nitrogens is 1. The van der Waals surface area contributed by atoms with Crippen LogP contribution in [0.1, 0.15) is 60.8 Å². The van der Waals surface area contributed by atoms with Crippen molar-refractivity contribution in [2.75, 3.05) is 6.61 Å². The van der Waals surface area contributed by atoms with Crippen molar-refractivity contribution in [2.24, 2.45) is 5.92 Å². The zero-order valence-electron chi connectivity index (χ0n) is 11.8. The molecule has 19 heavy (non-hydrogen) atoms. The Morgan fingerprint density at radius 2 is 2.26 bits per heavy atom. The van der Waals surface area contributed by atoms with Crippen LogP contribution in [-0.4, -0.2) is 28.8 Å². The van der Waals surface area contributed by atoms with Gasteiger partial charge in [0.1, 0.15) is 5.56 Å². The largest absolute Gasteiger partial charge is 0.396 e. The molecule has 1 amide bonds. The van der Waals surface area contributed by atoms with Gasteiger partial charge in [-0.15, -0.1) is 0 Å². The van der Waals surface area contributed by atoms with Crippen molar-refractivity contribution in [1.29, 1.82) is 0 Å². The molecule has 1 aliphatic carbocycles. The fourth-order valence-electron chi connectivity index (χ4n) is 2.74. The van der Waals surface area contributed by atoms with Crippen molar-refractivity contribution in [3.8, 4) is 0 Å². The first-order valence-corrected chi connectivity index (χ1v) is 6.92. The van der Waals surface area contributed by atoms with Crippen LogP contribution in [0.5, 0.6) is 0 Å². The minimum Gasteiger partial charge on any atom is -0.396 e. The molecule has 2 rings (SSSR count). The van der Waals surface area contributed by atoms with Crippen molar-refractivity contribution >= 4 is 5.91 Å². The molecule has 1 heterocycles. The number of aryl methyl sites for hydroxylation is 1. The summed E-state index contributed by atoms with van der Waals surface area (Å²) in [7, 11) is 0. The number of hydrogen-bond donors (Lipinski definition) is 2. The lowest BCUT2D eigenvalue weighted by Crippen LogP contribution is -2.39. The average Bonchev–Trinajstić information content (AvgIpc) is 2.95. The molecule has 1 aromatic rings. The number of hydrogen-bond acceptors (Lipinski definition) is 4. The van der Waals surface area contributed by atoms with E-state index in [1.165, 1.54) is 0 Å². The average molecular weight is 266 g/mol. The van der Waals surface area contributed by atoms with Crippen molar-refractivity contribution in [2.45, 2.75) is 52.0 Å². The van der Waals surface area contributed by atoms with Crippen molar-refractivity contribution < 1.29 is 14.4 Å². The fourth-order valence-corrected chi connectivity index (χ4v) is 2.74. The lowest BCUT2D eigenvalue weighted by Gasteiger charge is -2.19. The van der Waals surface area contributed by atoms with Crippen LogP contribution in [0.4, 0.5) is 0 Å². The molecule has 0 bridgehead atoms. The first-order valence-electron chi connectivity index (χ1n) is 6.92. The standard InChI is InChI=1S/C14H22N2O3/c1-8(2)13-12(9(3)16-19-13)14(18)15-11-6-4-5-10(11)7-17/h8,10-11,17H,4-7H2,1-3H3,(H,15,18). The summed E-state index contributed by atoms with van der Waals surface area (Å²) in [5.74, 6) is 0.798. The number of aliphatic hydroxyl groups excluding tert-OH is 1. The molecule has 2 unspecified atom stereocenters. The minimum atomic E-state index is -0.132. The van der Waals surface area contributed by atoms with E-state index < -0.39 is 0 Å². The van der Waals surface area contributed by atoms with Crippen LogP contribution < -0.4 is 5.32 Å². The van der Waals surface area contributed by atoms with Gasteiger partial charge in [0.15, 0.2) is 5.76 Å². The number of nitrogens with one attached hydrogen (secondary N) is 1. The molecule has 106 valence electrons. The van der Waals surface area contributed by atoms with Gasteiger partial charge in [-0.25, -0.2) is 0 Å². The van der Waals surface area contributed by atoms with Crippen LogP contribution >= 0.6 is 0 Å². The van der Waals surface area contributed by atoms with Crippen molar-refractivity contribution in [1.82, 2.24) is 10.5 Å². The molecule has 1 aliphatic rings. The van der Waals surface area contributed by atoms with E-state index in [9.17, 15) is 9.90 Å². The highest BCUT2D eigenvalue weighted by atomic mass is 16.5. The van der Waals surface area contributed by atoms with Gasteiger partial charge >= 0.3 is 0 Å². The number of aliphatic hydroxyl groups is 1. The van der Waals surface area contributed by atoms with E-state index in [-0.39, 0.29) is 30.4 Å². The molecule has 0 aliphatic heterocycles. The summed E-state index contributed by atoms with van der Waals surface area (Å²) in [6.45, 7) is 5.86. The molecule has 1 aromatic heterocycles. The molecule has 5 heteroatoms. The van der Waals surface area contributed by atoms with Crippen LogP contribution in [0.15, 0.2) is 4.52 Å². The Kier molecular flexibility index (Phi) is 4.24. The topological polar surface area (TPSA) is 75.4 Å². The molecule has 1 saturated carbocycles. The third kappa shape index (κ3) is 2.81. The lowest BCUT2D eigenvalue weighted by atomic mass is 10.0. The number of nitrogens with zero attached hydrogens (tertiary/aromatic N) is 1. The van der Waals surface area contributed by atoms with E-state index in [1.807, 2.05) is 13.8 Å². The maximum absolute atomic E-state index is 12.4. The van der Waals surface area contributed by atoms with Crippen LogP contribution in [0.25, 0.3) is 0 Å². The maximum Gasteiger partial charge on any atom is 0.257 e. The lowest BCUT2D eigenvalue weighted by molar-refractivity contribution is 0.0913. The second-order valence-electron chi connectivity index (χ2n) is 5.62. The zero-order valence-corrected chi connectivity index (χ0v) is 11.8. The predicted octanol–water partition coefficient (Wildman–Crippen LogP) is 2.00. The summed E-state index contributed by atoms with van der Waals surface area (Å²) in [6.07, 6.45) is 2.95. The first kappa shape index (κ1) is 14.1. The number of carbonyl (C=O) groups excluding carboxylic acids is 1. The van der Waals surface area contributed by atoms with E-state index in [1.54, 1.807) is 6.92 Å². The second-order valence-corrected chi connectivity index (χ2v) is 5.62. The van der Waals surface area contributed by atoms with E-state index in [2.05, 4.69) is 10.5 Å². The summed E-state index contributed by atoms with van der Waals surface area (Å²) in [6, 6.07) is 0.0619. The highest BCUT2D eigenvalue weighted by Gasteiger charge is 2.30. The highest BCUT2D eigenvalue weighted by molar-refractivity contribution is 5.96. The van der Waals surface area contributed by atoms with Crippen LogP contribution in [-0.2, 0) is 0 Å². The molecule has 0 spiro atoms. The number of amides is 1. The fraction of sp³-hybridized carbons (Fsp3) is 0.714. The van der Waals surface area contributed by atoms with Gasteiger partial charge < -0.3 is 14.9 Å². The normalized spacial score (nSPS) is 23.0. The maximum atomic E-state index is 12.4. The van der Waals surface area contributed by atoms with Gasteiger partial charge in [0, 0.05) is 24.5 Å². The van der Waals surface area contributed by atoms with Gasteiger partial charge in [0.25, 0.3) is 5.91 Å². The van der Waals surface area contributed by atoms with Gasteiger partial charge in [0.2, 0.25) is 0 Å². The molecule has 2 atom stereocenters. The Hall–Kier alpha value is -1.36. The number of carbonyl (C=O) groups is 1. The Labute approximate surface area is 113 Å². The highest BCUT2D eigenvalue weighted by Crippen LogP contribution is 2.27. The summed E-state index contributed by atoms with van der Waals surface area (Å²) >= 11 is 0. The third-order valence-corrected chi connectivity index (χ3v) is 3.85.